The number of pyridine rings is 1. The zero-order chi connectivity index (χ0) is 10.1. The van der Waals surface area contributed by atoms with E-state index in [-0.39, 0.29) is 4.90 Å². The number of hydrogen-bond donors (Lipinski definition) is 1. The van der Waals surface area contributed by atoms with Crippen LogP contribution in [0.2, 0.25) is 0 Å². The molecule has 0 radical (unpaired) electrons. The minimum atomic E-state index is -4.52. The first-order valence-electron chi connectivity index (χ1n) is 3.05. The van der Waals surface area contributed by atoms with Crippen LogP contribution < -0.4 is 0 Å². The maximum atomic E-state index is 11.9. The van der Waals surface area contributed by atoms with Crippen molar-refractivity contribution in [2.24, 2.45) is 0 Å². The maximum absolute atomic E-state index is 11.9. The molecule has 0 bridgehead atoms. The van der Waals surface area contributed by atoms with Crippen molar-refractivity contribution in [3.63, 3.8) is 0 Å². The number of nitrogens with zero attached hydrogens (tertiary/aromatic N) is 1. The Bertz CT molecular complexity index is 322. The van der Waals surface area contributed by atoms with Gasteiger partial charge in [0, 0.05) is 6.20 Å². The molecule has 0 saturated carbocycles. The molecule has 1 unspecified atom stereocenters. The molecule has 0 fully saturated rings. The Balaban J connectivity index is 3.01. The third-order valence-corrected chi connectivity index (χ3v) is 1.87. The lowest BCUT2D eigenvalue weighted by molar-refractivity contribution is -0.141. The molecular weight excluding hydrogens is 207 g/mol. The van der Waals surface area contributed by atoms with Crippen molar-refractivity contribution in [2.75, 3.05) is 0 Å². The second-order valence-corrected chi connectivity index (χ2v) is 3.10. The highest BCUT2D eigenvalue weighted by atomic mass is 32.2. The summed E-state index contributed by atoms with van der Waals surface area (Å²) < 4.78 is 54.6. The van der Waals surface area contributed by atoms with E-state index in [4.69, 9.17) is 4.55 Å². The van der Waals surface area contributed by atoms with Gasteiger partial charge in [0.25, 0.3) is 0 Å². The van der Waals surface area contributed by atoms with Crippen LogP contribution in [0.25, 0.3) is 0 Å². The number of hydrogen-bond acceptors (Lipinski definition) is 2. The zero-order valence-corrected chi connectivity index (χ0v) is 6.89. The highest BCUT2D eigenvalue weighted by Crippen LogP contribution is 2.27. The van der Waals surface area contributed by atoms with Crippen LogP contribution in [-0.4, -0.2) is 13.7 Å². The minimum absolute atomic E-state index is 0.159. The van der Waals surface area contributed by atoms with Crippen molar-refractivity contribution in [3.8, 4) is 0 Å². The molecule has 0 aromatic carbocycles. The molecule has 0 saturated heterocycles. The molecule has 1 N–H and O–H groups in total. The smallest absolute Gasteiger partial charge is 0.302 e. The van der Waals surface area contributed by atoms with Crippen LogP contribution in [0, 0.1) is 0 Å². The van der Waals surface area contributed by atoms with Crippen LogP contribution in [-0.2, 0) is 17.3 Å². The predicted molar refractivity (Wildman–Crippen MR) is 38.3 cm³/mol. The van der Waals surface area contributed by atoms with Crippen molar-refractivity contribution in [3.05, 3.63) is 24.0 Å². The molecule has 1 aromatic heterocycles. The first kappa shape index (κ1) is 10.1. The Morgan fingerprint density at radius 3 is 2.31 bits per heavy atom. The molecular formula is C6H4F3NO2S. The van der Waals surface area contributed by atoms with Gasteiger partial charge in [0.1, 0.15) is 5.69 Å². The topological polar surface area (TPSA) is 50.2 Å². The summed E-state index contributed by atoms with van der Waals surface area (Å²) in [5, 5.41) is 0. The van der Waals surface area contributed by atoms with Crippen molar-refractivity contribution in [1.29, 1.82) is 0 Å². The highest BCUT2D eigenvalue weighted by molar-refractivity contribution is 7.79. The highest BCUT2D eigenvalue weighted by Gasteiger charge is 2.32. The molecule has 0 spiro atoms. The van der Waals surface area contributed by atoms with Crippen LogP contribution in [0.5, 0.6) is 0 Å². The summed E-state index contributed by atoms with van der Waals surface area (Å²) in [6.07, 6.45) is -3.80. The second-order valence-electron chi connectivity index (χ2n) is 2.13. The van der Waals surface area contributed by atoms with E-state index in [0.717, 1.165) is 12.3 Å². The zero-order valence-electron chi connectivity index (χ0n) is 6.08. The number of alkyl halides is 3. The largest absolute Gasteiger partial charge is 0.433 e. The predicted octanol–water partition coefficient (Wildman–Crippen LogP) is 1.68. The van der Waals surface area contributed by atoms with E-state index in [1.165, 1.54) is 0 Å². The molecule has 72 valence electrons. The first-order valence-corrected chi connectivity index (χ1v) is 4.16. The maximum Gasteiger partial charge on any atom is 0.433 e. The Morgan fingerprint density at radius 2 is 2.00 bits per heavy atom. The lowest BCUT2D eigenvalue weighted by Gasteiger charge is -2.04. The summed E-state index contributed by atoms with van der Waals surface area (Å²) in [5.41, 5.74) is -1.08. The third-order valence-electron chi connectivity index (χ3n) is 1.23. The molecule has 1 atom stereocenters. The van der Waals surface area contributed by atoms with Gasteiger partial charge in [-0.3, -0.25) is 4.98 Å². The molecule has 7 heteroatoms. The van der Waals surface area contributed by atoms with Crippen molar-refractivity contribution in [2.45, 2.75) is 11.1 Å². The fraction of sp³-hybridized carbons (Fsp3) is 0.167. The van der Waals surface area contributed by atoms with Gasteiger partial charge >= 0.3 is 6.18 Å². The summed E-state index contributed by atoms with van der Waals surface area (Å²) in [5.74, 6) is 0. The minimum Gasteiger partial charge on any atom is -0.302 e. The van der Waals surface area contributed by atoms with Crippen molar-refractivity contribution in [1.82, 2.24) is 4.98 Å². The van der Waals surface area contributed by atoms with E-state index in [2.05, 4.69) is 4.98 Å². The lowest BCUT2D eigenvalue weighted by Crippen LogP contribution is -2.07. The molecule has 0 aliphatic rings. The number of rotatable bonds is 1. The Labute approximate surface area is 73.9 Å². The van der Waals surface area contributed by atoms with Crippen LogP contribution >= 0.6 is 0 Å². The molecule has 1 heterocycles. The van der Waals surface area contributed by atoms with Crippen LogP contribution in [0.3, 0.4) is 0 Å². The van der Waals surface area contributed by atoms with E-state index in [1.807, 2.05) is 0 Å². The normalized spacial score (nSPS) is 14.2. The van der Waals surface area contributed by atoms with Gasteiger partial charge in [0.2, 0.25) is 0 Å². The van der Waals surface area contributed by atoms with E-state index in [9.17, 15) is 17.4 Å². The Kier molecular flexibility index (Phi) is 2.67. The molecule has 13 heavy (non-hydrogen) atoms. The summed E-state index contributed by atoms with van der Waals surface area (Å²) in [6.45, 7) is 0. The van der Waals surface area contributed by atoms with Crippen LogP contribution in [0.1, 0.15) is 5.69 Å². The fourth-order valence-electron chi connectivity index (χ4n) is 0.651. The van der Waals surface area contributed by atoms with E-state index < -0.39 is 23.0 Å². The molecule has 1 aromatic rings. The van der Waals surface area contributed by atoms with Gasteiger partial charge in [-0.05, 0) is 12.1 Å². The molecule has 1 rings (SSSR count). The quantitative estimate of drug-likeness (QED) is 0.719. The number of halogens is 3. The van der Waals surface area contributed by atoms with Crippen LogP contribution in [0.15, 0.2) is 23.2 Å². The van der Waals surface area contributed by atoms with Gasteiger partial charge in [-0.15, -0.1) is 0 Å². The van der Waals surface area contributed by atoms with E-state index >= 15 is 0 Å². The van der Waals surface area contributed by atoms with Gasteiger partial charge < -0.3 is 4.55 Å². The number of aromatic nitrogens is 1. The van der Waals surface area contributed by atoms with E-state index in [1.54, 1.807) is 0 Å². The Hall–Kier alpha value is -0.950. The Morgan fingerprint density at radius 1 is 1.38 bits per heavy atom. The van der Waals surface area contributed by atoms with Crippen molar-refractivity contribution >= 4 is 11.1 Å². The summed E-state index contributed by atoms with van der Waals surface area (Å²) in [7, 11) is 0. The third kappa shape index (κ3) is 2.49. The summed E-state index contributed by atoms with van der Waals surface area (Å²) >= 11 is -2.29. The van der Waals surface area contributed by atoms with E-state index in [0.29, 0.717) is 6.07 Å². The molecule has 0 amide bonds. The summed E-state index contributed by atoms with van der Waals surface area (Å²) in [6, 6.07) is 1.56. The van der Waals surface area contributed by atoms with Gasteiger partial charge in [-0.2, -0.15) is 13.2 Å². The standard InChI is InChI=1S/C6H4F3NO2S/c7-6(8,9)5-2-1-4(3-10-5)13(11)12/h1-3H,(H,11,12). The average molecular weight is 211 g/mol. The van der Waals surface area contributed by atoms with Crippen LogP contribution in [0.4, 0.5) is 13.2 Å². The second kappa shape index (κ2) is 3.43. The average Bonchev–Trinajstić information content (AvgIpc) is 2.03. The molecule has 0 aliphatic heterocycles. The first-order chi connectivity index (χ1) is 5.91. The molecule has 0 aliphatic carbocycles. The fourth-order valence-corrected chi connectivity index (χ4v) is 0.979. The molecule has 3 nitrogen and oxygen atoms in total. The monoisotopic (exact) mass is 211 g/mol. The van der Waals surface area contributed by atoms with Gasteiger partial charge in [0.15, 0.2) is 11.1 Å². The van der Waals surface area contributed by atoms with Gasteiger partial charge in [-0.25, -0.2) is 4.21 Å². The van der Waals surface area contributed by atoms with Gasteiger partial charge in [-0.1, -0.05) is 0 Å². The van der Waals surface area contributed by atoms with Gasteiger partial charge in [0.05, 0.1) is 4.90 Å². The van der Waals surface area contributed by atoms with Crippen molar-refractivity contribution < 1.29 is 21.9 Å². The lowest BCUT2D eigenvalue weighted by atomic mass is 10.3. The summed E-state index contributed by atoms with van der Waals surface area (Å²) in [4.78, 5) is 2.83. The SMILES string of the molecule is O=S(O)c1ccc(C(F)(F)F)nc1.